The molecule has 4 amide bonds. The van der Waals surface area contributed by atoms with Crippen LogP contribution in [0.4, 0.5) is 9.18 Å². The van der Waals surface area contributed by atoms with E-state index >= 15 is 0 Å². The van der Waals surface area contributed by atoms with E-state index in [2.05, 4.69) is 17.6 Å². The van der Waals surface area contributed by atoms with E-state index in [1.54, 1.807) is 12.1 Å². The summed E-state index contributed by atoms with van der Waals surface area (Å²) in [6, 6.07) is 14.2. The van der Waals surface area contributed by atoms with Gasteiger partial charge in [-0.1, -0.05) is 55.8 Å². The predicted octanol–water partition coefficient (Wildman–Crippen LogP) is 3.92. The zero-order valence-corrected chi connectivity index (χ0v) is 18.1. The van der Waals surface area contributed by atoms with Gasteiger partial charge in [0.15, 0.2) is 0 Å². The zero-order chi connectivity index (χ0) is 22.7. The van der Waals surface area contributed by atoms with Crippen LogP contribution in [-0.2, 0) is 9.59 Å². The maximum Gasteiger partial charge on any atom is 0.325 e. The fraction of sp³-hybridized carbons (Fsp3) is 0.400. The van der Waals surface area contributed by atoms with Crippen molar-refractivity contribution in [1.29, 1.82) is 0 Å². The third kappa shape index (κ3) is 4.38. The van der Waals surface area contributed by atoms with Crippen molar-refractivity contribution in [1.82, 2.24) is 15.5 Å². The van der Waals surface area contributed by atoms with E-state index in [-0.39, 0.29) is 18.3 Å². The average Bonchev–Trinajstić information content (AvgIpc) is 3.03. The molecule has 1 unspecified atom stereocenters. The summed E-state index contributed by atoms with van der Waals surface area (Å²) in [6.45, 7) is 1.78. The molecule has 1 saturated carbocycles. The Hall–Kier alpha value is -3.22. The van der Waals surface area contributed by atoms with Crippen LogP contribution >= 0.6 is 0 Å². The monoisotopic (exact) mass is 437 g/mol. The Kier molecular flexibility index (Phi) is 6.26. The van der Waals surface area contributed by atoms with Gasteiger partial charge >= 0.3 is 6.03 Å². The van der Waals surface area contributed by atoms with E-state index in [4.69, 9.17) is 0 Å². The second kappa shape index (κ2) is 9.10. The topological polar surface area (TPSA) is 78.5 Å². The van der Waals surface area contributed by atoms with Gasteiger partial charge in [0.2, 0.25) is 5.91 Å². The van der Waals surface area contributed by atoms with Gasteiger partial charge in [0, 0.05) is 0 Å². The molecule has 0 aromatic heterocycles. The molecular formula is C25H28FN3O3. The van der Waals surface area contributed by atoms with Crippen LogP contribution in [0.25, 0.3) is 0 Å². The Morgan fingerprint density at radius 3 is 2.34 bits per heavy atom. The van der Waals surface area contributed by atoms with Crippen molar-refractivity contribution >= 4 is 17.8 Å². The number of carbonyl (C=O) groups is 3. The first-order valence-corrected chi connectivity index (χ1v) is 11.2. The van der Waals surface area contributed by atoms with Crippen LogP contribution < -0.4 is 10.6 Å². The molecule has 1 aliphatic carbocycles. The number of benzene rings is 2. The molecule has 1 spiro atoms. The molecule has 1 saturated heterocycles. The smallest absolute Gasteiger partial charge is 0.325 e. The molecule has 0 bridgehead atoms. The van der Waals surface area contributed by atoms with Gasteiger partial charge in [-0.05, 0) is 54.9 Å². The summed E-state index contributed by atoms with van der Waals surface area (Å²) in [4.78, 5) is 39.6. The van der Waals surface area contributed by atoms with Crippen molar-refractivity contribution in [3.63, 3.8) is 0 Å². The molecule has 1 heterocycles. The molecule has 32 heavy (non-hydrogen) atoms. The quantitative estimate of drug-likeness (QED) is 0.673. The highest BCUT2D eigenvalue weighted by Crippen LogP contribution is 2.37. The van der Waals surface area contributed by atoms with Gasteiger partial charge in [0.25, 0.3) is 5.91 Å². The highest BCUT2D eigenvalue weighted by atomic mass is 19.1. The van der Waals surface area contributed by atoms with Gasteiger partial charge in [0.1, 0.15) is 17.9 Å². The molecule has 2 aromatic rings. The van der Waals surface area contributed by atoms with Crippen molar-refractivity contribution in [2.75, 3.05) is 6.54 Å². The number of hydrogen-bond donors (Lipinski definition) is 2. The number of imide groups is 1. The maximum absolute atomic E-state index is 13.4. The SMILES string of the molecule is CCC1CCC2(CC1)NC(=O)N(CC(=O)NC(c1ccccc1)c1ccc(F)cc1)C2=O. The summed E-state index contributed by atoms with van der Waals surface area (Å²) < 4.78 is 13.4. The molecule has 4 rings (SSSR count). The van der Waals surface area contributed by atoms with E-state index in [1.165, 1.54) is 12.1 Å². The highest BCUT2D eigenvalue weighted by molar-refractivity contribution is 6.09. The molecule has 0 radical (unpaired) electrons. The standard InChI is InChI=1S/C25H28FN3O3/c1-2-17-12-14-25(15-13-17)23(31)29(24(32)28-25)16-21(30)27-22(18-6-4-3-5-7-18)19-8-10-20(26)11-9-19/h3-11,17,22H,2,12-16H2,1H3,(H,27,30)(H,28,32). The maximum atomic E-state index is 13.4. The summed E-state index contributed by atoms with van der Waals surface area (Å²) in [5, 5.41) is 5.77. The van der Waals surface area contributed by atoms with E-state index in [9.17, 15) is 18.8 Å². The van der Waals surface area contributed by atoms with Gasteiger partial charge in [0.05, 0.1) is 6.04 Å². The van der Waals surface area contributed by atoms with E-state index in [1.807, 2.05) is 30.3 Å². The molecule has 6 nitrogen and oxygen atoms in total. The van der Waals surface area contributed by atoms with Crippen LogP contribution in [0.3, 0.4) is 0 Å². The van der Waals surface area contributed by atoms with Gasteiger partial charge in [-0.25, -0.2) is 9.18 Å². The van der Waals surface area contributed by atoms with E-state index in [0.29, 0.717) is 24.3 Å². The lowest BCUT2D eigenvalue weighted by molar-refractivity contribution is -0.136. The van der Waals surface area contributed by atoms with Crippen LogP contribution in [0.1, 0.15) is 56.2 Å². The number of halogens is 1. The minimum absolute atomic E-state index is 0.315. The van der Waals surface area contributed by atoms with Gasteiger partial charge in [-0.3, -0.25) is 14.5 Å². The van der Waals surface area contributed by atoms with Crippen molar-refractivity contribution < 1.29 is 18.8 Å². The molecule has 2 aliphatic rings. The molecule has 2 aromatic carbocycles. The molecule has 168 valence electrons. The zero-order valence-electron chi connectivity index (χ0n) is 18.1. The first kappa shape index (κ1) is 22.0. The summed E-state index contributed by atoms with van der Waals surface area (Å²) in [6.07, 6.45) is 4.06. The Morgan fingerprint density at radius 2 is 1.72 bits per heavy atom. The number of carbonyl (C=O) groups excluding carboxylic acids is 3. The van der Waals surface area contributed by atoms with Crippen LogP contribution in [0, 0.1) is 11.7 Å². The van der Waals surface area contributed by atoms with Crippen LogP contribution in [-0.4, -0.2) is 34.8 Å². The Morgan fingerprint density at radius 1 is 1.09 bits per heavy atom. The first-order valence-electron chi connectivity index (χ1n) is 11.2. The van der Waals surface area contributed by atoms with Crippen molar-refractivity contribution in [3.8, 4) is 0 Å². The van der Waals surface area contributed by atoms with Crippen LogP contribution in [0.15, 0.2) is 54.6 Å². The Bertz CT molecular complexity index is 985. The Labute approximate surface area is 187 Å². The lowest BCUT2D eigenvalue weighted by atomic mass is 9.75. The van der Waals surface area contributed by atoms with E-state index < -0.39 is 23.5 Å². The lowest BCUT2D eigenvalue weighted by Crippen LogP contribution is -2.50. The highest BCUT2D eigenvalue weighted by Gasteiger charge is 2.52. The second-order valence-electron chi connectivity index (χ2n) is 8.72. The number of nitrogens with zero attached hydrogens (tertiary/aromatic N) is 1. The second-order valence-corrected chi connectivity index (χ2v) is 8.72. The van der Waals surface area contributed by atoms with Crippen LogP contribution in [0.5, 0.6) is 0 Å². The number of urea groups is 1. The van der Waals surface area contributed by atoms with Crippen LogP contribution in [0.2, 0.25) is 0 Å². The molecule has 7 heteroatoms. The van der Waals surface area contributed by atoms with Gasteiger partial charge in [-0.15, -0.1) is 0 Å². The predicted molar refractivity (Wildman–Crippen MR) is 118 cm³/mol. The number of hydrogen-bond acceptors (Lipinski definition) is 3. The van der Waals surface area contributed by atoms with Crippen molar-refractivity contribution in [3.05, 3.63) is 71.5 Å². The third-order valence-electron chi connectivity index (χ3n) is 6.73. The summed E-state index contributed by atoms with van der Waals surface area (Å²) in [5.74, 6) is -0.560. The molecule has 2 fully saturated rings. The number of rotatable bonds is 6. The molecule has 1 atom stereocenters. The minimum atomic E-state index is -0.876. The largest absolute Gasteiger partial charge is 0.344 e. The molecule has 1 aliphatic heterocycles. The fourth-order valence-electron chi connectivity index (χ4n) is 4.75. The summed E-state index contributed by atoms with van der Waals surface area (Å²) in [5.41, 5.74) is 0.648. The first-order chi connectivity index (χ1) is 15.4. The lowest BCUT2D eigenvalue weighted by Gasteiger charge is -2.34. The fourth-order valence-corrected chi connectivity index (χ4v) is 4.75. The normalized spacial score (nSPS) is 23.8. The van der Waals surface area contributed by atoms with E-state index in [0.717, 1.165) is 29.7 Å². The average molecular weight is 438 g/mol. The third-order valence-corrected chi connectivity index (χ3v) is 6.73. The van der Waals surface area contributed by atoms with Gasteiger partial charge < -0.3 is 10.6 Å². The van der Waals surface area contributed by atoms with Crippen molar-refractivity contribution in [2.45, 2.75) is 50.6 Å². The summed E-state index contributed by atoms with van der Waals surface area (Å²) >= 11 is 0. The number of nitrogens with one attached hydrogen (secondary N) is 2. The molecule has 2 N–H and O–H groups in total. The van der Waals surface area contributed by atoms with Crippen molar-refractivity contribution in [2.24, 2.45) is 5.92 Å². The summed E-state index contributed by atoms with van der Waals surface area (Å²) in [7, 11) is 0. The number of amides is 4. The Balaban J connectivity index is 1.48. The minimum Gasteiger partial charge on any atom is -0.344 e. The van der Waals surface area contributed by atoms with Gasteiger partial charge in [-0.2, -0.15) is 0 Å². The molecular weight excluding hydrogens is 409 g/mol.